The van der Waals surface area contributed by atoms with Crippen molar-refractivity contribution in [2.45, 2.75) is 25.5 Å². The second-order valence-electron chi connectivity index (χ2n) is 4.64. The van der Waals surface area contributed by atoms with Crippen molar-refractivity contribution in [3.63, 3.8) is 0 Å². The number of para-hydroxylation sites is 2. The molecular weight excluding hydrogens is 282 g/mol. The number of rotatable bonds is 7. The molecule has 1 aromatic heterocycles. The van der Waals surface area contributed by atoms with Crippen LogP contribution in [0.5, 0.6) is 0 Å². The van der Waals surface area contributed by atoms with Crippen molar-refractivity contribution in [1.82, 2.24) is 14.5 Å². The maximum Gasteiger partial charge on any atom is 0.233 e. The van der Waals surface area contributed by atoms with Gasteiger partial charge < -0.3 is 9.47 Å². The fraction of sp³-hybridized carbons (Fsp3) is 0.375. The third-order valence-corrected chi connectivity index (χ3v) is 4.33. The van der Waals surface area contributed by atoms with Crippen molar-refractivity contribution >= 4 is 28.7 Å². The molecule has 21 heavy (non-hydrogen) atoms. The van der Waals surface area contributed by atoms with Gasteiger partial charge in [0.15, 0.2) is 5.16 Å². The van der Waals surface area contributed by atoms with Crippen LogP contribution in [0.1, 0.15) is 13.8 Å². The van der Waals surface area contributed by atoms with Gasteiger partial charge in [-0.25, -0.2) is 4.98 Å². The molecule has 0 saturated heterocycles. The van der Waals surface area contributed by atoms with Gasteiger partial charge in [0.05, 0.1) is 16.8 Å². The van der Waals surface area contributed by atoms with Crippen molar-refractivity contribution < 1.29 is 4.79 Å². The number of fused-ring (bicyclic) bond motifs is 1. The molecule has 112 valence electrons. The number of allylic oxidation sites excluding steroid dienone is 1. The first-order valence-electron chi connectivity index (χ1n) is 7.18. The first-order valence-corrected chi connectivity index (χ1v) is 8.16. The molecule has 0 bridgehead atoms. The molecule has 4 nitrogen and oxygen atoms in total. The van der Waals surface area contributed by atoms with E-state index in [1.54, 1.807) is 0 Å². The highest BCUT2D eigenvalue weighted by atomic mass is 32.2. The molecule has 1 heterocycles. The van der Waals surface area contributed by atoms with Crippen LogP contribution in [0.2, 0.25) is 0 Å². The topological polar surface area (TPSA) is 38.1 Å². The first-order chi connectivity index (χ1) is 10.2. The zero-order chi connectivity index (χ0) is 15.2. The summed E-state index contributed by atoms with van der Waals surface area (Å²) in [7, 11) is 0. The summed E-state index contributed by atoms with van der Waals surface area (Å²) in [6.07, 6.45) is 1.85. The molecule has 0 unspecified atom stereocenters. The Balaban J connectivity index is 2.19. The third-order valence-electron chi connectivity index (χ3n) is 3.37. The van der Waals surface area contributed by atoms with E-state index in [4.69, 9.17) is 0 Å². The first kappa shape index (κ1) is 15.6. The fourth-order valence-electron chi connectivity index (χ4n) is 2.26. The molecule has 0 fully saturated rings. The Morgan fingerprint density at radius 3 is 2.76 bits per heavy atom. The maximum absolute atomic E-state index is 12.1. The molecule has 0 aliphatic heterocycles. The Kier molecular flexibility index (Phi) is 5.44. The van der Waals surface area contributed by atoms with Gasteiger partial charge in [-0.15, -0.1) is 6.58 Å². The minimum Gasteiger partial charge on any atom is -0.343 e. The number of thioether (sulfide) groups is 1. The van der Waals surface area contributed by atoms with Crippen molar-refractivity contribution in [2.75, 3.05) is 18.8 Å². The maximum atomic E-state index is 12.1. The molecule has 0 atom stereocenters. The van der Waals surface area contributed by atoms with E-state index in [-0.39, 0.29) is 5.91 Å². The predicted octanol–water partition coefficient (Wildman–Crippen LogP) is 3.18. The number of carbonyl (C=O) groups is 1. The summed E-state index contributed by atoms with van der Waals surface area (Å²) in [6, 6.07) is 8.01. The van der Waals surface area contributed by atoms with Crippen LogP contribution >= 0.6 is 11.8 Å². The number of hydrogen-bond acceptors (Lipinski definition) is 3. The highest BCUT2D eigenvalue weighted by Gasteiger charge is 2.14. The van der Waals surface area contributed by atoms with Gasteiger partial charge in [0.2, 0.25) is 5.91 Å². The molecule has 0 aliphatic rings. The average Bonchev–Trinajstić information content (AvgIpc) is 2.85. The van der Waals surface area contributed by atoms with E-state index in [1.807, 2.05) is 49.1 Å². The Morgan fingerprint density at radius 2 is 2.10 bits per heavy atom. The normalized spacial score (nSPS) is 10.8. The van der Waals surface area contributed by atoms with Crippen LogP contribution in [-0.4, -0.2) is 39.2 Å². The lowest BCUT2D eigenvalue weighted by Gasteiger charge is -2.18. The number of amides is 1. The van der Waals surface area contributed by atoms with Gasteiger partial charge >= 0.3 is 0 Å². The summed E-state index contributed by atoms with van der Waals surface area (Å²) >= 11 is 1.49. The predicted molar refractivity (Wildman–Crippen MR) is 88.6 cm³/mol. The van der Waals surface area contributed by atoms with E-state index in [0.717, 1.165) is 29.3 Å². The van der Waals surface area contributed by atoms with Gasteiger partial charge in [0.1, 0.15) is 0 Å². The lowest BCUT2D eigenvalue weighted by atomic mass is 10.3. The van der Waals surface area contributed by atoms with Gasteiger partial charge in [-0.2, -0.15) is 0 Å². The molecule has 5 heteroatoms. The van der Waals surface area contributed by atoms with Crippen LogP contribution in [0.4, 0.5) is 0 Å². The number of nitrogens with zero attached hydrogens (tertiary/aromatic N) is 3. The summed E-state index contributed by atoms with van der Waals surface area (Å²) < 4.78 is 2.10. The summed E-state index contributed by atoms with van der Waals surface area (Å²) in [6.45, 7) is 9.99. The van der Waals surface area contributed by atoms with Gasteiger partial charge in [-0.3, -0.25) is 4.79 Å². The Hall–Kier alpha value is -1.75. The van der Waals surface area contributed by atoms with Crippen LogP contribution in [0.15, 0.2) is 42.1 Å². The zero-order valence-corrected chi connectivity index (χ0v) is 13.4. The van der Waals surface area contributed by atoms with Gasteiger partial charge in [0, 0.05) is 19.6 Å². The molecule has 2 aromatic rings. The second-order valence-corrected chi connectivity index (χ2v) is 5.58. The van der Waals surface area contributed by atoms with E-state index in [0.29, 0.717) is 12.3 Å². The van der Waals surface area contributed by atoms with Crippen molar-refractivity contribution in [3.05, 3.63) is 36.9 Å². The van der Waals surface area contributed by atoms with Gasteiger partial charge in [-0.05, 0) is 26.0 Å². The molecule has 2 rings (SSSR count). The Morgan fingerprint density at radius 1 is 1.38 bits per heavy atom. The fourth-order valence-corrected chi connectivity index (χ4v) is 3.19. The van der Waals surface area contributed by atoms with Crippen molar-refractivity contribution in [1.29, 1.82) is 0 Å². The zero-order valence-electron chi connectivity index (χ0n) is 12.6. The Labute approximate surface area is 129 Å². The van der Waals surface area contributed by atoms with Gasteiger partial charge in [-0.1, -0.05) is 30.0 Å². The lowest BCUT2D eigenvalue weighted by Crippen LogP contribution is -2.31. The number of aromatic nitrogens is 2. The van der Waals surface area contributed by atoms with E-state index in [1.165, 1.54) is 11.8 Å². The molecule has 1 amide bonds. The van der Waals surface area contributed by atoms with E-state index < -0.39 is 0 Å². The van der Waals surface area contributed by atoms with Crippen molar-refractivity contribution in [2.24, 2.45) is 0 Å². The van der Waals surface area contributed by atoms with Crippen LogP contribution in [0.3, 0.4) is 0 Å². The number of benzene rings is 1. The summed E-state index contributed by atoms with van der Waals surface area (Å²) in [4.78, 5) is 18.6. The van der Waals surface area contributed by atoms with Gasteiger partial charge in [0.25, 0.3) is 0 Å². The Bertz CT molecular complexity index is 631. The molecular formula is C16H21N3OS. The quantitative estimate of drug-likeness (QED) is 0.582. The minimum atomic E-state index is 0.155. The van der Waals surface area contributed by atoms with Crippen molar-refractivity contribution in [3.8, 4) is 0 Å². The number of carbonyl (C=O) groups excluding carboxylic acids is 1. The standard InChI is InChI=1S/C16H21N3OS/c1-4-11-19-14-10-8-7-9-13(14)17-16(19)21-12-15(20)18(5-2)6-3/h4,7-10H,1,5-6,11-12H2,2-3H3. The van der Waals surface area contributed by atoms with Crippen LogP contribution in [0, 0.1) is 0 Å². The van der Waals surface area contributed by atoms with Crippen LogP contribution < -0.4 is 0 Å². The summed E-state index contributed by atoms with van der Waals surface area (Å²) in [5.74, 6) is 0.574. The van der Waals surface area contributed by atoms with Crippen LogP contribution in [0.25, 0.3) is 11.0 Å². The SMILES string of the molecule is C=CCn1c(SCC(=O)N(CC)CC)nc2ccccc21. The lowest BCUT2D eigenvalue weighted by molar-refractivity contribution is -0.127. The second kappa shape index (κ2) is 7.31. The molecule has 0 aliphatic carbocycles. The number of hydrogen-bond donors (Lipinski definition) is 0. The monoisotopic (exact) mass is 303 g/mol. The smallest absolute Gasteiger partial charge is 0.233 e. The average molecular weight is 303 g/mol. The summed E-state index contributed by atoms with van der Waals surface area (Å²) in [5, 5.41) is 0.872. The molecule has 0 N–H and O–H groups in total. The molecule has 0 radical (unpaired) electrons. The minimum absolute atomic E-state index is 0.155. The molecule has 0 saturated carbocycles. The highest BCUT2D eigenvalue weighted by molar-refractivity contribution is 7.99. The van der Waals surface area contributed by atoms with E-state index in [9.17, 15) is 4.79 Å². The largest absolute Gasteiger partial charge is 0.343 e. The third kappa shape index (κ3) is 3.47. The molecule has 0 spiro atoms. The van der Waals surface area contributed by atoms with E-state index >= 15 is 0 Å². The summed E-state index contributed by atoms with van der Waals surface area (Å²) in [5.41, 5.74) is 2.03. The highest BCUT2D eigenvalue weighted by Crippen LogP contribution is 2.24. The number of imidazole rings is 1. The van der Waals surface area contributed by atoms with E-state index in [2.05, 4.69) is 16.1 Å². The van der Waals surface area contributed by atoms with Crippen LogP contribution in [-0.2, 0) is 11.3 Å². The molecule has 1 aromatic carbocycles.